The van der Waals surface area contributed by atoms with Crippen LogP contribution in [0.25, 0.3) is 0 Å². The topological polar surface area (TPSA) is 68.2 Å². The summed E-state index contributed by atoms with van der Waals surface area (Å²) in [5.74, 6) is 0.852. The fourth-order valence-electron chi connectivity index (χ4n) is 3.29. The van der Waals surface area contributed by atoms with Crippen molar-refractivity contribution >= 4 is 30.2 Å². The van der Waals surface area contributed by atoms with Crippen LogP contribution in [-0.4, -0.2) is 60.6 Å². The van der Waals surface area contributed by atoms with Crippen molar-refractivity contribution in [3.05, 3.63) is 29.8 Å². The molecule has 7 heteroatoms. The van der Waals surface area contributed by atoms with E-state index in [-0.39, 0.29) is 23.8 Å². The summed E-state index contributed by atoms with van der Waals surface area (Å²) in [6.45, 7) is 6.32. The van der Waals surface area contributed by atoms with Gasteiger partial charge in [0.05, 0.1) is 19.8 Å². The van der Waals surface area contributed by atoms with Gasteiger partial charge in [-0.05, 0) is 38.0 Å². The molecule has 1 saturated heterocycles. The highest BCUT2D eigenvalue weighted by Crippen LogP contribution is 2.24. The van der Waals surface area contributed by atoms with Gasteiger partial charge in [-0.3, -0.25) is 9.79 Å². The number of nitrogens with zero attached hydrogens (tertiary/aromatic N) is 2. The zero-order valence-corrected chi connectivity index (χ0v) is 17.9. The lowest BCUT2D eigenvalue weighted by Gasteiger charge is -2.27. The Hall–Kier alpha value is -2.02. The minimum absolute atomic E-state index is 0.0718. The fourth-order valence-corrected chi connectivity index (χ4v) is 3.45. The highest BCUT2D eigenvalue weighted by Gasteiger charge is 2.36. The minimum Gasteiger partial charge on any atom is -0.497 e. The van der Waals surface area contributed by atoms with Gasteiger partial charge in [0.15, 0.2) is 0 Å². The van der Waals surface area contributed by atoms with Crippen molar-refractivity contribution in [3.8, 4) is 5.75 Å². The molecule has 0 aliphatic carbocycles. The number of esters is 1. The summed E-state index contributed by atoms with van der Waals surface area (Å²) in [4.78, 5) is 31.4. The number of aliphatic imine (C=N–C) groups is 1. The van der Waals surface area contributed by atoms with E-state index in [1.54, 1.807) is 21.0 Å². The quantitative estimate of drug-likeness (QED) is 0.532. The number of benzene rings is 1. The number of hydrogen-bond donors (Lipinski definition) is 1. The number of likely N-dealkylation sites (tertiary alicyclic amines) is 1. The van der Waals surface area contributed by atoms with Crippen LogP contribution in [0.3, 0.4) is 0 Å². The Morgan fingerprint density at radius 3 is 2.54 bits per heavy atom. The number of rotatable bonds is 8. The maximum atomic E-state index is 12.9. The zero-order chi connectivity index (χ0) is 20.7. The lowest BCUT2D eigenvalue weighted by Crippen LogP contribution is -2.43. The van der Waals surface area contributed by atoms with E-state index in [0.717, 1.165) is 17.0 Å². The van der Waals surface area contributed by atoms with Crippen LogP contribution in [0.4, 0.5) is 0 Å². The first-order valence-electron chi connectivity index (χ1n) is 9.68. The summed E-state index contributed by atoms with van der Waals surface area (Å²) in [6, 6.07) is 7.06. The molecule has 1 aromatic carbocycles. The number of carbonyl (C=O) groups excluding carboxylic acids is 2. The van der Waals surface area contributed by atoms with E-state index < -0.39 is 6.04 Å². The third-order valence-electron chi connectivity index (χ3n) is 4.92. The molecular weight excluding hydrogens is 376 g/mol. The van der Waals surface area contributed by atoms with Crippen molar-refractivity contribution in [1.82, 2.24) is 4.90 Å². The maximum absolute atomic E-state index is 12.9. The molecule has 0 N–H and O–H groups in total. The van der Waals surface area contributed by atoms with Crippen LogP contribution < -0.4 is 4.74 Å². The first kappa shape index (κ1) is 22.3. The normalized spacial score (nSPS) is 20.1. The summed E-state index contributed by atoms with van der Waals surface area (Å²) < 4.78 is 10.3. The van der Waals surface area contributed by atoms with E-state index in [0.29, 0.717) is 31.7 Å². The molecule has 1 fully saturated rings. The smallest absolute Gasteiger partial charge is 0.330 e. The average molecular weight is 407 g/mol. The standard InChI is InChI=1S/C21H30N2O4S/c1-5-27-21(25)15(3)22-18-10-11-23(20(24)14(2)13-28)19(18)12-16-6-8-17(26-4)9-7-16/h6-9,14-15,19,28H,5,10-13H2,1-4H3. The highest BCUT2D eigenvalue weighted by molar-refractivity contribution is 7.80. The first-order valence-corrected chi connectivity index (χ1v) is 10.3. The average Bonchev–Trinajstić information content (AvgIpc) is 3.09. The number of ether oxygens (including phenoxy) is 2. The molecule has 28 heavy (non-hydrogen) atoms. The predicted octanol–water partition coefficient (Wildman–Crippen LogP) is 2.80. The van der Waals surface area contributed by atoms with Gasteiger partial charge in [-0.25, -0.2) is 4.79 Å². The minimum atomic E-state index is -0.578. The first-order chi connectivity index (χ1) is 13.4. The van der Waals surface area contributed by atoms with Crippen molar-refractivity contribution < 1.29 is 19.1 Å². The molecule has 1 amide bonds. The van der Waals surface area contributed by atoms with Gasteiger partial charge in [-0.1, -0.05) is 19.1 Å². The van der Waals surface area contributed by atoms with Crippen LogP contribution in [0.5, 0.6) is 5.75 Å². The lowest BCUT2D eigenvalue weighted by molar-refractivity contribution is -0.144. The molecule has 1 aliphatic heterocycles. The Kier molecular flexibility index (Phi) is 8.35. The Morgan fingerprint density at radius 1 is 1.29 bits per heavy atom. The largest absolute Gasteiger partial charge is 0.497 e. The Labute approximate surface area is 172 Å². The van der Waals surface area contributed by atoms with Gasteiger partial charge >= 0.3 is 5.97 Å². The fraction of sp³-hybridized carbons (Fsp3) is 0.571. The van der Waals surface area contributed by atoms with Crippen LogP contribution in [0.2, 0.25) is 0 Å². The van der Waals surface area contributed by atoms with Crippen molar-refractivity contribution in [2.75, 3.05) is 26.0 Å². The van der Waals surface area contributed by atoms with E-state index in [4.69, 9.17) is 9.47 Å². The number of amides is 1. The van der Waals surface area contributed by atoms with Gasteiger partial charge in [-0.2, -0.15) is 12.6 Å². The molecule has 1 aliphatic rings. The molecule has 0 aromatic heterocycles. The molecular formula is C21H30N2O4S. The van der Waals surface area contributed by atoms with Crippen LogP contribution in [-0.2, 0) is 20.7 Å². The van der Waals surface area contributed by atoms with Gasteiger partial charge in [0.1, 0.15) is 11.8 Å². The van der Waals surface area contributed by atoms with Crippen LogP contribution >= 0.6 is 12.6 Å². The molecule has 0 radical (unpaired) electrons. The third kappa shape index (κ3) is 5.50. The lowest BCUT2D eigenvalue weighted by atomic mass is 10.0. The van der Waals surface area contributed by atoms with Crippen LogP contribution in [0.1, 0.15) is 32.8 Å². The van der Waals surface area contributed by atoms with Crippen molar-refractivity contribution in [2.24, 2.45) is 10.9 Å². The van der Waals surface area contributed by atoms with E-state index in [1.807, 2.05) is 36.1 Å². The van der Waals surface area contributed by atoms with Crippen molar-refractivity contribution in [1.29, 1.82) is 0 Å². The number of hydrogen-bond acceptors (Lipinski definition) is 6. The van der Waals surface area contributed by atoms with E-state index in [2.05, 4.69) is 17.6 Å². The monoisotopic (exact) mass is 406 g/mol. The zero-order valence-electron chi connectivity index (χ0n) is 17.1. The second kappa shape index (κ2) is 10.5. The molecule has 3 unspecified atom stereocenters. The molecule has 1 aromatic rings. The van der Waals surface area contributed by atoms with E-state index in [9.17, 15) is 9.59 Å². The third-order valence-corrected chi connectivity index (χ3v) is 5.47. The molecule has 0 bridgehead atoms. The second-order valence-electron chi connectivity index (χ2n) is 6.98. The SMILES string of the molecule is CCOC(=O)C(C)N=C1CCN(C(=O)C(C)CS)C1Cc1ccc(OC)cc1. The van der Waals surface area contributed by atoms with Gasteiger partial charge in [-0.15, -0.1) is 0 Å². The molecule has 1 heterocycles. The molecule has 2 rings (SSSR count). The molecule has 3 atom stereocenters. The van der Waals surface area contributed by atoms with E-state index >= 15 is 0 Å². The Bertz CT molecular complexity index is 705. The Morgan fingerprint density at radius 2 is 1.96 bits per heavy atom. The molecule has 0 spiro atoms. The molecule has 6 nitrogen and oxygen atoms in total. The summed E-state index contributed by atoms with van der Waals surface area (Å²) in [5.41, 5.74) is 1.96. The molecule has 154 valence electrons. The summed E-state index contributed by atoms with van der Waals surface area (Å²) in [6.07, 6.45) is 1.30. The van der Waals surface area contributed by atoms with Crippen LogP contribution in [0, 0.1) is 5.92 Å². The Balaban J connectivity index is 2.27. The second-order valence-corrected chi connectivity index (χ2v) is 7.35. The number of thiol groups is 1. The summed E-state index contributed by atoms with van der Waals surface area (Å²) >= 11 is 4.27. The highest BCUT2D eigenvalue weighted by atomic mass is 32.1. The summed E-state index contributed by atoms with van der Waals surface area (Å²) in [7, 11) is 1.63. The molecule has 0 saturated carbocycles. The van der Waals surface area contributed by atoms with Crippen LogP contribution in [0.15, 0.2) is 29.3 Å². The summed E-state index contributed by atoms with van der Waals surface area (Å²) in [5, 5.41) is 0. The van der Waals surface area contributed by atoms with E-state index in [1.165, 1.54) is 0 Å². The van der Waals surface area contributed by atoms with Crippen molar-refractivity contribution in [3.63, 3.8) is 0 Å². The number of carbonyl (C=O) groups is 2. The number of methoxy groups -OCH3 is 1. The van der Waals surface area contributed by atoms with Gasteiger partial charge in [0.2, 0.25) is 5.91 Å². The van der Waals surface area contributed by atoms with Gasteiger partial charge in [0, 0.05) is 30.3 Å². The predicted molar refractivity (Wildman–Crippen MR) is 113 cm³/mol. The van der Waals surface area contributed by atoms with Gasteiger partial charge < -0.3 is 14.4 Å². The van der Waals surface area contributed by atoms with Gasteiger partial charge in [0.25, 0.3) is 0 Å². The maximum Gasteiger partial charge on any atom is 0.330 e. The van der Waals surface area contributed by atoms with Crippen molar-refractivity contribution in [2.45, 2.75) is 45.7 Å².